The molecule has 0 aliphatic heterocycles. The summed E-state index contributed by atoms with van der Waals surface area (Å²) in [4.78, 5) is 18.7. The molecule has 2 N–H and O–H groups in total. The lowest BCUT2D eigenvalue weighted by Crippen LogP contribution is -2.13. The van der Waals surface area contributed by atoms with Crippen LogP contribution in [0.2, 0.25) is 0 Å². The zero-order valence-electron chi connectivity index (χ0n) is 13.7. The zero-order valence-corrected chi connectivity index (χ0v) is 13.7. The smallest absolute Gasteiger partial charge is 0.276 e. The lowest BCUT2D eigenvalue weighted by atomic mass is 10.1. The number of nitrogens with zero attached hydrogens (tertiary/aromatic N) is 3. The van der Waals surface area contributed by atoms with Gasteiger partial charge in [0.15, 0.2) is 5.69 Å². The molecular weight excluding hydrogens is 302 g/mol. The molecule has 1 aliphatic rings. The first kappa shape index (κ1) is 14.7. The van der Waals surface area contributed by atoms with Gasteiger partial charge in [-0.25, -0.2) is 4.98 Å². The minimum atomic E-state index is -0.195. The number of aromatic amines is 1. The Hall–Kier alpha value is -2.89. The van der Waals surface area contributed by atoms with Crippen molar-refractivity contribution < 1.29 is 4.79 Å². The van der Waals surface area contributed by atoms with E-state index in [1.807, 2.05) is 49.3 Å². The number of carbonyl (C=O) groups excluding carboxylic acids is 1. The molecule has 1 aliphatic carbocycles. The number of nitrogens with one attached hydrogen (secondary N) is 2. The standard InChI is InChI=1S/C18H19N5O/c1-23(2)17-14-6-5-13(9-12(14)7-8-19-17)20-18(24)16-10-15(21-22-16)11-3-4-11/h5-11H,3-4H2,1-2H3,(H,20,24)(H,21,22). The predicted molar refractivity (Wildman–Crippen MR) is 94.6 cm³/mol. The van der Waals surface area contributed by atoms with Crippen molar-refractivity contribution in [2.45, 2.75) is 18.8 Å². The average Bonchev–Trinajstić information content (AvgIpc) is 3.30. The number of H-pyrrole nitrogens is 1. The highest BCUT2D eigenvalue weighted by molar-refractivity contribution is 6.04. The van der Waals surface area contributed by atoms with E-state index in [9.17, 15) is 4.79 Å². The van der Waals surface area contributed by atoms with Gasteiger partial charge in [-0.05, 0) is 48.6 Å². The van der Waals surface area contributed by atoms with Crippen LogP contribution in [0.4, 0.5) is 11.5 Å². The maximum absolute atomic E-state index is 12.4. The maximum atomic E-state index is 12.4. The van der Waals surface area contributed by atoms with Gasteiger partial charge < -0.3 is 10.2 Å². The minimum Gasteiger partial charge on any atom is -0.362 e. The van der Waals surface area contributed by atoms with Crippen LogP contribution < -0.4 is 10.2 Å². The Kier molecular flexibility index (Phi) is 3.45. The second-order valence-electron chi connectivity index (χ2n) is 6.40. The average molecular weight is 321 g/mol. The molecule has 0 spiro atoms. The van der Waals surface area contributed by atoms with Crippen molar-refractivity contribution in [2.75, 3.05) is 24.3 Å². The predicted octanol–water partition coefficient (Wildman–Crippen LogP) is 3.15. The molecule has 1 fully saturated rings. The molecule has 0 atom stereocenters. The summed E-state index contributed by atoms with van der Waals surface area (Å²) in [6.07, 6.45) is 4.13. The van der Waals surface area contributed by atoms with Gasteiger partial charge in [-0.2, -0.15) is 5.10 Å². The summed E-state index contributed by atoms with van der Waals surface area (Å²) in [5, 5.41) is 12.1. The first-order valence-corrected chi connectivity index (χ1v) is 8.04. The molecule has 0 bridgehead atoms. The number of aromatic nitrogens is 3. The third-order valence-electron chi connectivity index (χ3n) is 4.27. The van der Waals surface area contributed by atoms with E-state index in [0.717, 1.165) is 28.0 Å². The quantitative estimate of drug-likeness (QED) is 0.774. The zero-order chi connectivity index (χ0) is 16.7. The van der Waals surface area contributed by atoms with Gasteiger partial charge in [-0.1, -0.05) is 0 Å². The number of fused-ring (bicyclic) bond motifs is 1. The molecule has 0 radical (unpaired) electrons. The largest absolute Gasteiger partial charge is 0.362 e. The molecule has 3 aromatic rings. The molecule has 1 saturated carbocycles. The second kappa shape index (κ2) is 5.63. The SMILES string of the molecule is CN(C)c1nccc2cc(NC(=O)c3cc(C4CC4)[nH]n3)ccc12. The third-order valence-corrected chi connectivity index (χ3v) is 4.27. The molecular formula is C18H19N5O. The van der Waals surface area contributed by atoms with E-state index in [-0.39, 0.29) is 5.91 Å². The highest BCUT2D eigenvalue weighted by Crippen LogP contribution is 2.39. The molecule has 6 nitrogen and oxygen atoms in total. The third kappa shape index (κ3) is 2.71. The second-order valence-corrected chi connectivity index (χ2v) is 6.40. The Labute approximate surface area is 139 Å². The van der Waals surface area contributed by atoms with Gasteiger partial charge in [-0.15, -0.1) is 0 Å². The fourth-order valence-electron chi connectivity index (χ4n) is 2.85. The van der Waals surface area contributed by atoms with Gasteiger partial charge >= 0.3 is 0 Å². The van der Waals surface area contributed by atoms with Crippen LogP contribution >= 0.6 is 0 Å². The van der Waals surface area contributed by atoms with Crippen LogP contribution in [0.5, 0.6) is 0 Å². The molecule has 24 heavy (non-hydrogen) atoms. The van der Waals surface area contributed by atoms with E-state index in [4.69, 9.17) is 0 Å². The van der Waals surface area contributed by atoms with Crippen LogP contribution in [0.25, 0.3) is 10.8 Å². The van der Waals surface area contributed by atoms with Crippen LogP contribution in [-0.4, -0.2) is 35.2 Å². The minimum absolute atomic E-state index is 0.195. The summed E-state index contributed by atoms with van der Waals surface area (Å²) in [5.74, 6) is 1.27. The number of anilines is 2. The molecule has 2 heterocycles. The highest BCUT2D eigenvalue weighted by atomic mass is 16.1. The van der Waals surface area contributed by atoms with Gasteiger partial charge in [0.1, 0.15) is 5.82 Å². The van der Waals surface area contributed by atoms with Crippen LogP contribution in [0.1, 0.15) is 34.9 Å². The lowest BCUT2D eigenvalue weighted by molar-refractivity contribution is 0.102. The molecule has 4 rings (SSSR count). The Morgan fingerprint density at radius 2 is 2.08 bits per heavy atom. The number of amides is 1. The van der Waals surface area contributed by atoms with Crippen LogP contribution in [0.3, 0.4) is 0 Å². The Morgan fingerprint density at radius 3 is 2.83 bits per heavy atom. The van der Waals surface area contributed by atoms with E-state index in [2.05, 4.69) is 20.5 Å². The monoisotopic (exact) mass is 321 g/mol. The summed E-state index contributed by atoms with van der Waals surface area (Å²) in [6.45, 7) is 0. The van der Waals surface area contributed by atoms with Gasteiger partial charge in [0.25, 0.3) is 5.91 Å². The van der Waals surface area contributed by atoms with Crippen molar-refractivity contribution in [1.29, 1.82) is 0 Å². The van der Waals surface area contributed by atoms with Crippen LogP contribution in [0.15, 0.2) is 36.5 Å². The highest BCUT2D eigenvalue weighted by Gasteiger charge is 2.26. The van der Waals surface area contributed by atoms with Crippen LogP contribution in [-0.2, 0) is 0 Å². The van der Waals surface area contributed by atoms with Crippen molar-refractivity contribution in [1.82, 2.24) is 15.2 Å². The maximum Gasteiger partial charge on any atom is 0.276 e. The summed E-state index contributed by atoms with van der Waals surface area (Å²) in [5.41, 5.74) is 2.24. The van der Waals surface area contributed by atoms with Crippen molar-refractivity contribution in [2.24, 2.45) is 0 Å². The molecule has 122 valence electrons. The summed E-state index contributed by atoms with van der Waals surface area (Å²) >= 11 is 0. The Bertz CT molecular complexity index is 911. The van der Waals surface area contributed by atoms with Crippen LogP contribution in [0, 0.1) is 0 Å². The number of carbonyl (C=O) groups is 1. The van der Waals surface area contributed by atoms with Gasteiger partial charge in [0.2, 0.25) is 0 Å². The molecule has 6 heteroatoms. The van der Waals surface area contributed by atoms with E-state index in [0.29, 0.717) is 11.6 Å². The number of benzene rings is 1. The fraction of sp³-hybridized carbons (Fsp3) is 0.278. The van der Waals surface area contributed by atoms with Crippen molar-refractivity contribution >= 4 is 28.2 Å². The van der Waals surface area contributed by atoms with Gasteiger partial charge in [0, 0.05) is 43.0 Å². The van der Waals surface area contributed by atoms with Crippen molar-refractivity contribution in [3.05, 3.63) is 47.9 Å². The normalized spacial score (nSPS) is 13.9. The molecule has 1 amide bonds. The van der Waals surface area contributed by atoms with Gasteiger partial charge in [-0.3, -0.25) is 9.89 Å². The molecule has 1 aromatic carbocycles. The molecule has 2 aromatic heterocycles. The van der Waals surface area contributed by atoms with Crippen molar-refractivity contribution in [3.8, 4) is 0 Å². The van der Waals surface area contributed by atoms with E-state index in [1.54, 1.807) is 6.20 Å². The van der Waals surface area contributed by atoms with E-state index < -0.39 is 0 Å². The first-order chi connectivity index (χ1) is 11.6. The van der Waals surface area contributed by atoms with E-state index >= 15 is 0 Å². The lowest BCUT2D eigenvalue weighted by Gasteiger charge is -2.14. The Balaban J connectivity index is 1.58. The summed E-state index contributed by atoms with van der Waals surface area (Å²) < 4.78 is 0. The summed E-state index contributed by atoms with van der Waals surface area (Å²) in [7, 11) is 3.93. The molecule has 0 saturated heterocycles. The fourth-order valence-corrected chi connectivity index (χ4v) is 2.85. The Morgan fingerprint density at radius 1 is 1.25 bits per heavy atom. The van der Waals surface area contributed by atoms with Gasteiger partial charge in [0.05, 0.1) is 0 Å². The number of hydrogen-bond acceptors (Lipinski definition) is 4. The summed E-state index contributed by atoms with van der Waals surface area (Å²) in [6, 6.07) is 9.62. The number of pyridine rings is 1. The van der Waals surface area contributed by atoms with Crippen molar-refractivity contribution in [3.63, 3.8) is 0 Å². The number of rotatable bonds is 4. The first-order valence-electron chi connectivity index (χ1n) is 8.04. The molecule has 0 unspecified atom stereocenters. The number of hydrogen-bond donors (Lipinski definition) is 2. The van der Waals surface area contributed by atoms with E-state index in [1.165, 1.54) is 12.8 Å². The topological polar surface area (TPSA) is 73.9 Å².